The maximum Gasteiger partial charge on any atom is 0.241 e. The number of hydrogen-bond acceptors (Lipinski definition) is 3. The van der Waals surface area contributed by atoms with Gasteiger partial charge in [-0.2, -0.15) is 0 Å². The predicted octanol–water partition coefficient (Wildman–Crippen LogP) is 2.14. The average Bonchev–Trinajstić information content (AvgIpc) is 2.95. The first-order valence-electron chi connectivity index (χ1n) is 7.71. The third-order valence-electron chi connectivity index (χ3n) is 4.70. The molecular formula is C15H28N2O2. The Morgan fingerprint density at radius 3 is 2.79 bits per heavy atom. The molecule has 0 aliphatic carbocycles. The number of amides is 1. The maximum absolute atomic E-state index is 12.6. The predicted molar refractivity (Wildman–Crippen MR) is 75.8 cm³/mol. The van der Waals surface area contributed by atoms with Crippen molar-refractivity contribution < 1.29 is 9.53 Å². The highest BCUT2D eigenvalue weighted by Crippen LogP contribution is 2.29. The Kier molecular flexibility index (Phi) is 4.51. The molecule has 0 saturated carbocycles. The fourth-order valence-corrected chi connectivity index (χ4v) is 3.19. The summed E-state index contributed by atoms with van der Waals surface area (Å²) in [6.45, 7) is 10.1. The average molecular weight is 268 g/mol. The molecule has 0 spiro atoms. The van der Waals surface area contributed by atoms with Crippen molar-refractivity contribution in [3.63, 3.8) is 0 Å². The van der Waals surface area contributed by atoms with E-state index in [1.807, 2.05) is 4.90 Å². The second kappa shape index (κ2) is 5.80. The number of hydrogen-bond donors (Lipinski definition) is 1. The van der Waals surface area contributed by atoms with Crippen molar-refractivity contribution in [2.75, 3.05) is 13.2 Å². The van der Waals surface area contributed by atoms with Gasteiger partial charge in [0.1, 0.15) is 0 Å². The van der Waals surface area contributed by atoms with Crippen LogP contribution < -0.4 is 5.32 Å². The van der Waals surface area contributed by atoms with Gasteiger partial charge in [0.2, 0.25) is 5.91 Å². The maximum atomic E-state index is 12.6. The summed E-state index contributed by atoms with van der Waals surface area (Å²) in [6, 6.07) is -0.0139. The van der Waals surface area contributed by atoms with E-state index in [0.29, 0.717) is 5.92 Å². The van der Waals surface area contributed by atoms with Crippen molar-refractivity contribution in [1.82, 2.24) is 10.2 Å². The molecule has 2 aliphatic heterocycles. The van der Waals surface area contributed by atoms with Gasteiger partial charge in [-0.3, -0.25) is 10.1 Å². The van der Waals surface area contributed by atoms with E-state index in [9.17, 15) is 4.79 Å². The molecule has 2 saturated heterocycles. The van der Waals surface area contributed by atoms with E-state index < -0.39 is 0 Å². The Morgan fingerprint density at radius 2 is 2.26 bits per heavy atom. The highest BCUT2D eigenvalue weighted by atomic mass is 16.5. The quantitative estimate of drug-likeness (QED) is 0.830. The summed E-state index contributed by atoms with van der Waals surface area (Å²) >= 11 is 0. The minimum Gasteiger partial charge on any atom is -0.373 e. The molecule has 4 atom stereocenters. The lowest BCUT2D eigenvalue weighted by atomic mass is 9.98. The minimum atomic E-state index is -0.144. The summed E-state index contributed by atoms with van der Waals surface area (Å²) in [5, 5.41) is 3.50. The fourth-order valence-electron chi connectivity index (χ4n) is 3.19. The molecule has 4 unspecified atom stereocenters. The molecule has 0 bridgehead atoms. The van der Waals surface area contributed by atoms with Crippen LogP contribution in [-0.4, -0.2) is 41.8 Å². The van der Waals surface area contributed by atoms with E-state index in [1.54, 1.807) is 0 Å². The molecule has 2 rings (SSSR count). The van der Waals surface area contributed by atoms with Crippen molar-refractivity contribution in [2.24, 2.45) is 5.92 Å². The van der Waals surface area contributed by atoms with Crippen LogP contribution in [-0.2, 0) is 9.53 Å². The van der Waals surface area contributed by atoms with Gasteiger partial charge in [0.05, 0.1) is 24.4 Å². The Morgan fingerprint density at radius 1 is 1.53 bits per heavy atom. The Hall–Kier alpha value is -0.610. The van der Waals surface area contributed by atoms with Gasteiger partial charge < -0.3 is 9.64 Å². The molecule has 1 N–H and O–H groups in total. The van der Waals surface area contributed by atoms with Crippen molar-refractivity contribution in [1.29, 1.82) is 0 Å². The molecule has 0 radical (unpaired) electrons. The van der Waals surface area contributed by atoms with Crippen LogP contribution >= 0.6 is 0 Å². The van der Waals surface area contributed by atoms with Gasteiger partial charge >= 0.3 is 0 Å². The zero-order valence-corrected chi connectivity index (χ0v) is 12.7. The standard InChI is InChI=1S/C15H28N2O2/c1-5-11(3)13-14(18)17(12(6-2)16-13)10-15(4)8-7-9-19-15/h11-13,16H,5-10H2,1-4H3. The molecular weight excluding hydrogens is 240 g/mol. The van der Waals surface area contributed by atoms with E-state index in [0.717, 1.165) is 38.8 Å². The topological polar surface area (TPSA) is 41.6 Å². The zero-order valence-electron chi connectivity index (χ0n) is 12.7. The third-order valence-corrected chi connectivity index (χ3v) is 4.70. The van der Waals surface area contributed by atoms with Gasteiger partial charge in [0.15, 0.2) is 0 Å². The van der Waals surface area contributed by atoms with Crippen molar-refractivity contribution in [3.8, 4) is 0 Å². The summed E-state index contributed by atoms with van der Waals surface area (Å²) < 4.78 is 5.84. The number of carbonyl (C=O) groups is 1. The summed E-state index contributed by atoms with van der Waals surface area (Å²) in [5.41, 5.74) is -0.144. The van der Waals surface area contributed by atoms with Crippen LogP contribution in [0.2, 0.25) is 0 Å². The molecule has 1 amide bonds. The number of carbonyl (C=O) groups excluding carboxylic acids is 1. The van der Waals surface area contributed by atoms with Gasteiger partial charge in [-0.05, 0) is 32.1 Å². The molecule has 4 heteroatoms. The first kappa shape index (κ1) is 14.8. The molecule has 0 aromatic rings. The fraction of sp³-hybridized carbons (Fsp3) is 0.933. The minimum absolute atomic E-state index is 0.0139. The van der Waals surface area contributed by atoms with Gasteiger partial charge in [0, 0.05) is 6.61 Å². The van der Waals surface area contributed by atoms with E-state index in [4.69, 9.17) is 4.74 Å². The largest absolute Gasteiger partial charge is 0.373 e. The first-order valence-corrected chi connectivity index (χ1v) is 7.71. The number of nitrogens with zero attached hydrogens (tertiary/aromatic N) is 1. The highest BCUT2D eigenvalue weighted by Gasteiger charge is 2.44. The van der Waals surface area contributed by atoms with Crippen molar-refractivity contribution in [2.45, 2.75) is 71.2 Å². The monoisotopic (exact) mass is 268 g/mol. The Bertz CT molecular complexity index is 326. The normalized spacial score (nSPS) is 37.1. The molecule has 2 fully saturated rings. The Balaban J connectivity index is 2.07. The molecule has 2 heterocycles. The second-order valence-corrected chi connectivity index (χ2v) is 6.32. The number of rotatable bonds is 5. The van der Waals surface area contributed by atoms with Crippen LogP contribution in [0, 0.1) is 5.92 Å². The SMILES string of the molecule is CCC(C)C1NC(CC)N(CC2(C)CCCO2)C1=O. The summed E-state index contributed by atoms with van der Waals surface area (Å²) in [7, 11) is 0. The summed E-state index contributed by atoms with van der Waals surface area (Å²) in [5.74, 6) is 0.654. The molecule has 0 aromatic heterocycles. The van der Waals surface area contributed by atoms with E-state index in [2.05, 4.69) is 33.0 Å². The highest BCUT2D eigenvalue weighted by molar-refractivity contribution is 5.84. The van der Waals surface area contributed by atoms with E-state index in [1.165, 1.54) is 0 Å². The Labute approximate surface area is 116 Å². The molecule has 19 heavy (non-hydrogen) atoms. The number of nitrogens with one attached hydrogen (secondary N) is 1. The van der Waals surface area contributed by atoms with Gasteiger partial charge in [-0.15, -0.1) is 0 Å². The van der Waals surface area contributed by atoms with Crippen molar-refractivity contribution in [3.05, 3.63) is 0 Å². The lowest BCUT2D eigenvalue weighted by Crippen LogP contribution is -2.46. The van der Waals surface area contributed by atoms with Crippen LogP contribution in [0.1, 0.15) is 53.4 Å². The van der Waals surface area contributed by atoms with Crippen LogP contribution in [0.4, 0.5) is 0 Å². The van der Waals surface area contributed by atoms with Gasteiger partial charge in [0.25, 0.3) is 0 Å². The summed E-state index contributed by atoms with van der Waals surface area (Å²) in [4.78, 5) is 14.6. The van der Waals surface area contributed by atoms with Crippen LogP contribution in [0.15, 0.2) is 0 Å². The van der Waals surface area contributed by atoms with Gasteiger partial charge in [-0.1, -0.05) is 27.2 Å². The summed E-state index contributed by atoms with van der Waals surface area (Å²) in [6.07, 6.45) is 4.32. The van der Waals surface area contributed by atoms with Crippen LogP contribution in [0.25, 0.3) is 0 Å². The van der Waals surface area contributed by atoms with E-state index in [-0.39, 0.29) is 23.7 Å². The lowest BCUT2D eigenvalue weighted by Gasteiger charge is -2.32. The van der Waals surface area contributed by atoms with E-state index >= 15 is 0 Å². The molecule has 4 nitrogen and oxygen atoms in total. The molecule has 0 aromatic carbocycles. The van der Waals surface area contributed by atoms with Crippen molar-refractivity contribution >= 4 is 5.91 Å². The smallest absolute Gasteiger partial charge is 0.241 e. The third kappa shape index (κ3) is 2.95. The van der Waals surface area contributed by atoms with Crippen LogP contribution in [0.5, 0.6) is 0 Å². The zero-order chi connectivity index (χ0) is 14.0. The van der Waals surface area contributed by atoms with Crippen LogP contribution in [0.3, 0.4) is 0 Å². The first-order chi connectivity index (χ1) is 9.00. The van der Waals surface area contributed by atoms with Gasteiger partial charge in [-0.25, -0.2) is 0 Å². The second-order valence-electron chi connectivity index (χ2n) is 6.32. The number of ether oxygens (including phenoxy) is 1. The lowest BCUT2D eigenvalue weighted by molar-refractivity contribution is -0.134. The molecule has 2 aliphatic rings. The molecule has 110 valence electrons.